The van der Waals surface area contributed by atoms with Crippen molar-refractivity contribution in [3.63, 3.8) is 0 Å². The first-order valence-corrected chi connectivity index (χ1v) is 31.1. The van der Waals surface area contributed by atoms with Crippen molar-refractivity contribution in [2.24, 2.45) is 0 Å². The Balaban J connectivity index is 0.794. The van der Waals surface area contributed by atoms with Gasteiger partial charge in [0.15, 0.2) is 0 Å². The van der Waals surface area contributed by atoms with Gasteiger partial charge in [-0.2, -0.15) is 0 Å². The SMILES string of the molecule is Cc1c2oc3cc4cc(N(c5ccccc5-c5ccccc5)c5ccc(-c6ccccc6)cc5-c5ccccc5)ccc4cc3c2cc2c1oc1cc3cc(N(c4ccccc4-c4ccccc4)c4ccc(-c5ccccc5)cc4-c4ccccc4)ccc3cc12. The number of nitrogens with zero attached hydrogens (tertiary/aromatic N) is 2. The van der Waals surface area contributed by atoms with E-state index in [-0.39, 0.29) is 0 Å². The van der Waals surface area contributed by atoms with Crippen molar-refractivity contribution in [1.82, 2.24) is 0 Å². The normalized spacial score (nSPS) is 11.6. The molecule has 0 spiro atoms. The third-order valence-corrected chi connectivity index (χ3v) is 18.1. The minimum atomic E-state index is 0.827. The summed E-state index contributed by atoms with van der Waals surface area (Å²) in [5.74, 6) is 0. The van der Waals surface area contributed by atoms with Crippen LogP contribution in [-0.2, 0) is 0 Å². The highest BCUT2D eigenvalue weighted by Gasteiger charge is 2.26. The van der Waals surface area contributed by atoms with Crippen molar-refractivity contribution in [2.75, 3.05) is 9.80 Å². The fourth-order valence-corrected chi connectivity index (χ4v) is 13.7. The van der Waals surface area contributed by atoms with Crippen LogP contribution in [0.3, 0.4) is 0 Å². The van der Waals surface area contributed by atoms with Gasteiger partial charge in [-0.1, -0.05) is 243 Å². The van der Waals surface area contributed by atoms with Gasteiger partial charge in [-0.05, 0) is 164 Å². The molecular weight excluding hydrogens is 1100 g/mol. The molecule has 2 aromatic heterocycles. The van der Waals surface area contributed by atoms with Crippen LogP contribution < -0.4 is 9.80 Å². The summed E-state index contributed by atoms with van der Waals surface area (Å²) in [6, 6.07) is 121. The number of rotatable bonds is 12. The number of aryl methyl sites for hydroxylation is 1. The Morgan fingerprint density at radius 2 is 0.549 bits per heavy atom. The van der Waals surface area contributed by atoms with Crippen molar-refractivity contribution in [2.45, 2.75) is 6.92 Å². The predicted molar refractivity (Wildman–Crippen MR) is 383 cm³/mol. The number of furan rings is 2. The Kier molecular flexibility index (Phi) is 13.1. The van der Waals surface area contributed by atoms with Crippen molar-refractivity contribution in [3.8, 4) is 66.8 Å². The molecular formula is C87H58N2O2. The zero-order chi connectivity index (χ0) is 60.4. The van der Waals surface area contributed by atoms with Crippen LogP contribution in [-0.4, -0.2) is 0 Å². The number of anilines is 6. The van der Waals surface area contributed by atoms with Crippen LogP contribution in [0.15, 0.2) is 342 Å². The summed E-state index contributed by atoms with van der Waals surface area (Å²) in [6.07, 6.45) is 0. The smallest absolute Gasteiger partial charge is 0.142 e. The second-order valence-electron chi connectivity index (χ2n) is 23.6. The first-order chi connectivity index (χ1) is 45.0. The molecule has 0 radical (unpaired) electrons. The van der Waals surface area contributed by atoms with Gasteiger partial charge in [-0.3, -0.25) is 0 Å². The standard InChI is InChI=1S/C87H58N2O2/c1-57-86-78(76-52-66-40-44-70(48-68(66)54-84(76)90-86)88(80-38-22-20-36-72(80)60-28-12-4-13-29-60)82-46-42-64(58-24-8-2-9-25-58)50-74(82)62-32-16-6-17-33-62)56-79-77-53-67-41-45-71(49-69(67)55-85(77)91-87(57)79)89(81-39-23-21-37-73(81)61-30-14-5-15-31-61)83-47-43-65(59-26-10-3-11-27-59)51-75(83)63-34-18-7-19-35-63/h2-56H,1H3. The molecule has 17 rings (SSSR count). The number of benzene rings is 15. The van der Waals surface area contributed by atoms with E-state index in [1.165, 1.54) is 11.1 Å². The molecule has 4 heteroatoms. The van der Waals surface area contributed by atoms with E-state index in [9.17, 15) is 0 Å². The van der Waals surface area contributed by atoms with Crippen molar-refractivity contribution >= 4 is 99.5 Å². The van der Waals surface area contributed by atoms with Gasteiger partial charge < -0.3 is 18.6 Å². The van der Waals surface area contributed by atoms with E-state index in [4.69, 9.17) is 8.83 Å². The lowest BCUT2D eigenvalue weighted by atomic mass is 9.95. The number of fused-ring (bicyclic) bond motifs is 8. The molecule has 17 aromatic rings. The summed E-state index contributed by atoms with van der Waals surface area (Å²) >= 11 is 0. The molecule has 0 saturated heterocycles. The van der Waals surface area contributed by atoms with Crippen LogP contribution in [0.25, 0.3) is 132 Å². The van der Waals surface area contributed by atoms with Gasteiger partial charge in [0.25, 0.3) is 0 Å². The Hall–Kier alpha value is -12.0. The Morgan fingerprint density at radius 1 is 0.220 bits per heavy atom. The van der Waals surface area contributed by atoms with E-state index in [1.54, 1.807) is 0 Å². The summed E-state index contributed by atoms with van der Waals surface area (Å²) < 4.78 is 14.0. The maximum Gasteiger partial charge on any atom is 0.142 e. The van der Waals surface area contributed by atoms with Gasteiger partial charge in [0.2, 0.25) is 0 Å². The Morgan fingerprint density at radius 3 is 0.934 bits per heavy atom. The molecule has 428 valence electrons. The van der Waals surface area contributed by atoms with E-state index in [0.29, 0.717) is 0 Å². The predicted octanol–water partition coefficient (Wildman–Crippen LogP) is 25.0. The molecule has 0 atom stereocenters. The maximum atomic E-state index is 7.01. The lowest BCUT2D eigenvalue weighted by Gasteiger charge is -2.30. The van der Waals surface area contributed by atoms with Crippen molar-refractivity contribution < 1.29 is 8.83 Å². The second-order valence-corrected chi connectivity index (χ2v) is 23.6. The van der Waals surface area contributed by atoms with Crippen LogP contribution in [0.4, 0.5) is 34.1 Å². The molecule has 15 aromatic carbocycles. The first-order valence-electron chi connectivity index (χ1n) is 31.1. The lowest BCUT2D eigenvalue weighted by Crippen LogP contribution is -2.12. The van der Waals surface area contributed by atoms with Gasteiger partial charge >= 0.3 is 0 Å². The Bertz CT molecular complexity index is 5240. The minimum Gasteiger partial charge on any atom is -0.456 e. The number of para-hydroxylation sites is 2. The van der Waals surface area contributed by atoms with Crippen LogP contribution in [0.2, 0.25) is 0 Å². The van der Waals surface area contributed by atoms with Gasteiger partial charge in [-0.25, -0.2) is 0 Å². The maximum absolute atomic E-state index is 7.01. The average Bonchev–Trinajstić information content (AvgIpc) is 1.74. The highest BCUT2D eigenvalue weighted by Crippen LogP contribution is 2.50. The van der Waals surface area contributed by atoms with Gasteiger partial charge in [0, 0.05) is 60.7 Å². The molecule has 4 nitrogen and oxygen atoms in total. The lowest BCUT2D eigenvalue weighted by molar-refractivity contribution is 0.651. The third-order valence-electron chi connectivity index (χ3n) is 18.1. The molecule has 0 aliphatic heterocycles. The monoisotopic (exact) mass is 1160 g/mol. The summed E-state index contributed by atoms with van der Waals surface area (Å²) in [7, 11) is 0. The number of hydrogen-bond acceptors (Lipinski definition) is 4. The fraction of sp³-hybridized carbons (Fsp3) is 0.0115. The quantitative estimate of drug-likeness (QED) is 0.122. The van der Waals surface area contributed by atoms with Crippen LogP contribution in [0.1, 0.15) is 5.56 Å². The largest absolute Gasteiger partial charge is 0.456 e. The second kappa shape index (κ2) is 22.3. The Labute approximate surface area is 528 Å². The number of hydrogen-bond donors (Lipinski definition) is 0. The average molecular weight is 1160 g/mol. The summed E-state index contributed by atoms with van der Waals surface area (Å²) in [6.45, 7) is 2.13. The molecule has 0 saturated carbocycles. The molecule has 0 bridgehead atoms. The molecule has 0 amide bonds. The van der Waals surface area contributed by atoms with Crippen LogP contribution in [0, 0.1) is 6.92 Å². The molecule has 0 N–H and O–H groups in total. The van der Waals surface area contributed by atoms with Gasteiger partial charge in [0.05, 0.1) is 22.7 Å². The molecule has 2 heterocycles. The van der Waals surface area contributed by atoms with Crippen LogP contribution in [0.5, 0.6) is 0 Å². The zero-order valence-corrected chi connectivity index (χ0v) is 50.0. The van der Waals surface area contributed by atoms with Crippen molar-refractivity contribution in [3.05, 3.63) is 339 Å². The highest BCUT2D eigenvalue weighted by molar-refractivity contribution is 6.20. The molecule has 91 heavy (non-hydrogen) atoms. The first kappa shape index (κ1) is 53.3. The summed E-state index contributed by atoms with van der Waals surface area (Å²) in [4.78, 5) is 4.87. The van der Waals surface area contributed by atoms with Crippen LogP contribution >= 0.6 is 0 Å². The highest BCUT2D eigenvalue weighted by atomic mass is 16.3. The molecule has 0 aliphatic rings. The van der Waals surface area contributed by atoms with E-state index < -0.39 is 0 Å². The van der Waals surface area contributed by atoms with E-state index in [2.05, 4.69) is 350 Å². The fourth-order valence-electron chi connectivity index (χ4n) is 13.7. The summed E-state index contributed by atoms with van der Waals surface area (Å²) in [5, 5.41) is 8.66. The molecule has 0 fully saturated rings. The van der Waals surface area contributed by atoms with E-state index in [0.717, 1.165) is 161 Å². The minimum absolute atomic E-state index is 0.827. The molecule has 0 unspecified atom stereocenters. The summed E-state index contributed by atoms with van der Waals surface area (Å²) in [5.41, 5.74) is 24.4. The van der Waals surface area contributed by atoms with E-state index >= 15 is 0 Å². The van der Waals surface area contributed by atoms with Gasteiger partial charge in [0.1, 0.15) is 22.3 Å². The van der Waals surface area contributed by atoms with E-state index in [1.807, 2.05) is 0 Å². The van der Waals surface area contributed by atoms with Gasteiger partial charge in [-0.15, -0.1) is 0 Å². The molecule has 0 aliphatic carbocycles. The topological polar surface area (TPSA) is 32.8 Å². The zero-order valence-electron chi connectivity index (χ0n) is 50.0. The van der Waals surface area contributed by atoms with Crippen molar-refractivity contribution in [1.29, 1.82) is 0 Å². The third kappa shape index (κ3) is 9.49.